The lowest BCUT2D eigenvalue weighted by molar-refractivity contribution is -0.167. The second-order valence-corrected chi connectivity index (χ2v) is 21.0. The van der Waals surface area contributed by atoms with Gasteiger partial charge in [0.1, 0.15) is 13.2 Å². The fraction of sp³-hybridized carbons (Fsp3) is 0.776. The van der Waals surface area contributed by atoms with Gasteiger partial charge in [-0.25, -0.2) is 0 Å². The summed E-state index contributed by atoms with van der Waals surface area (Å²) >= 11 is 0. The van der Waals surface area contributed by atoms with E-state index in [1.807, 2.05) is 0 Å². The molecule has 6 nitrogen and oxygen atoms in total. The van der Waals surface area contributed by atoms with E-state index in [1.54, 1.807) is 0 Å². The smallest absolute Gasteiger partial charge is 0.306 e. The van der Waals surface area contributed by atoms with Crippen molar-refractivity contribution in [1.29, 1.82) is 0 Å². The van der Waals surface area contributed by atoms with Crippen LogP contribution < -0.4 is 0 Å². The molecule has 422 valence electrons. The molecule has 0 bridgehead atoms. The van der Waals surface area contributed by atoms with Gasteiger partial charge in [0.05, 0.1) is 0 Å². The van der Waals surface area contributed by atoms with Crippen molar-refractivity contribution in [2.24, 2.45) is 0 Å². The maximum Gasteiger partial charge on any atom is 0.306 e. The molecule has 0 radical (unpaired) electrons. The highest BCUT2D eigenvalue weighted by molar-refractivity contribution is 5.71. The zero-order chi connectivity index (χ0) is 52.9. The maximum absolute atomic E-state index is 12.9. The van der Waals surface area contributed by atoms with Gasteiger partial charge in [0.2, 0.25) is 0 Å². The highest BCUT2D eigenvalue weighted by Crippen LogP contribution is 2.16. The number of unbranched alkanes of at least 4 members (excludes halogenated alkanes) is 34. The molecule has 0 heterocycles. The first-order valence-corrected chi connectivity index (χ1v) is 31.4. The van der Waals surface area contributed by atoms with Crippen LogP contribution in [-0.2, 0) is 28.6 Å². The molecule has 0 saturated carbocycles. The summed E-state index contributed by atoms with van der Waals surface area (Å²) in [6.45, 7) is 6.60. The zero-order valence-corrected chi connectivity index (χ0v) is 48.4. The number of ether oxygens (including phenoxy) is 3. The Bertz CT molecular complexity index is 1360. The Labute approximate surface area is 453 Å². The predicted molar refractivity (Wildman–Crippen MR) is 316 cm³/mol. The molecule has 0 aliphatic heterocycles. The first-order chi connectivity index (χ1) is 36.0. The number of hydrogen-bond donors (Lipinski definition) is 0. The molecule has 73 heavy (non-hydrogen) atoms. The van der Waals surface area contributed by atoms with Crippen molar-refractivity contribution < 1.29 is 28.6 Å². The van der Waals surface area contributed by atoms with Crippen LogP contribution in [0.5, 0.6) is 0 Å². The van der Waals surface area contributed by atoms with Crippen molar-refractivity contribution in [3.8, 4) is 0 Å². The van der Waals surface area contributed by atoms with Crippen molar-refractivity contribution in [2.45, 2.75) is 322 Å². The molecule has 0 N–H and O–H groups in total. The standard InChI is InChI=1S/C67H118O6/c1-4-7-10-13-16-19-22-25-28-31-32-33-34-37-39-42-45-48-51-54-57-60-66(69)72-63-64(73-67(70)61-58-55-52-49-46-43-40-36-30-27-24-21-18-15-12-9-6-3)62-71-65(68)59-56-53-50-47-44-41-38-35-29-26-23-20-17-14-11-8-5-2/h17-18,20-22,25-27,29-32,64H,4-16,19,23-24,28,33-63H2,1-3H3/b20-17-,21-18-,25-22-,29-26-,30-27-,32-31-. The van der Waals surface area contributed by atoms with E-state index in [-0.39, 0.29) is 31.1 Å². The average molecular weight is 1020 g/mol. The topological polar surface area (TPSA) is 78.9 Å². The van der Waals surface area contributed by atoms with Crippen LogP contribution in [0.1, 0.15) is 316 Å². The van der Waals surface area contributed by atoms with E-state index in [0.29, 0.717) is 19.3 Å². The van der Waals surface area contributed by atoms with E-state index in [0.717, 1.165) is 89.9 Å². The summed E-state index contributed by atoms with van der Waals surface area (Å²) in [5.74, 6) is -0.889. The average Bonchev–Trinajstić information content (AvgIpc) is 3.39. The second kappa shape index (κ2) is 61.4. The van der Waals surface area contributed by atoms with Gasteiger partial charge >= 0.3 is 17.9 Å². The fourth-order valence-corrected chi connectivity index (χ4v) is 8.89. The number of carbonyl (C=O) groups excluding carboxylic acids is 3. The Morgan fingerprint density at radius 2 is 0.493 bits per heavy atom. The van der Waals surface area contributed by atoms with Crippen molar-refractivity contribution in [2.75, 3.05) is 13.2 Å². The van der Waals surface area contributed by atoms with Gasteiger partial charge < -0.3 is 14.2 Å². The minimum atomic E-state index is -0.786. The Morgan fingerprint density at radius 3 is 0.781 bits per heavy atom. The molecule has 6 heteroatoms. The summed E-state index contributed by atoms with van der Waals surface area (Å²) in [4.78, 5) is 38.3. The van der Waals surface area contributed by atoms with E-state index in [1.165, 1.54) is 186 Å². The van der Waals surface area contributed by atoms with Crippen LogP contribution in [0.15, 0.2) is 72.9 Å². The maximum atomic E-state index is 12.9. The molecule has 0 saturated heterocycles. The molecule has 1 unspecified atom stereocenters. The van der Waals surface area contributed by atoms with Gasteiger partial charge in [-0.2, -0.15) is 0 Å². The van der Waals surface area contributed by atoms with E-state index in [9.17, 15) is 14.4 Å². The van der Waals surface area contributed by atoms with Crippen LogP contribution in [0.4, 0.5) is 0 Å². The summed E-state index contributed by atoms with van der Waals surface area (Å²) in [6.07, 6.45) is 78.9. The lowest BCUT2D eigenvalue weighted by atomic mass is 10.1. The minimum Gasteiger partial charge on any atom is -0.462 e. The quantitative estimate of drug-likeness (QED) is 0.0261. The summed E-state index contributed by atoms with van der Waals surface area (Å²) in [7, 11) is 0. The SMILES string of the molecule is CCCCC/C=C\C/C=C\CCCCCCCCCC(=O)OCC(COC(=O)CCCCCCCCCCC/C=C\C/C=C\CCCCCCC)OC(=O)CCCCCCCCC/C=C\C/C=C\CCCCC. The predicted octanol–water partition coefficient (Wildman–Crippen LogP) is 21.3. The summed E-state index contributed by atoms with van der Waals surface area (Å²) in [5.41, 5.74) is 0. The second-order valence-electron chi connectivity index (χ2n) is 21.0. The molecular formula is C67H118O6. The molecule has 0 aliphatic carbocycles. The lowest BCUT2D eigenvalue weighted by Crippen LogP contribution is -2.30. The van der Waals surface area contributed by atoms with Crippen LogP contribution in [-0.4, -0.2) is 37.2 Å². The van der Waals surface area contributed by atoms with Gasteiger partial charge in [0.15, 0.2) is 6.10 Å². The van der Waals surface area contributed by atoms with Crippen LogP contribution >= 0.6 is 0 Å². The van der Waals surface area contributed by atoms with Gasteiger partial charge in [-0.3, -0.25) is 14.4 Å². The van der Waals surface area contributed by atoms with E-state index >= 15 is 0 Å². The summed E-state index contributed by atoms with van der Waals surface area (Å²) < 4.78 is 16.9. The van der Waals surface area contributed by atoms with E-state index in [4.69, 9.17) is 14.2 Å². The Kier molecular flexibility index (Phi) is 58.7. The van der Waals surface area contributed by atoms with E-state index < -0.39 is 6.10 Å². The lowest BCUT2D eigenvalue weighted by Gasteiger charge is -2.18. The van der Waals surface area contributed by atoms with Crippen LogP contribution in [0, 0.1) is 0 Å². The summed E-state index contributed by atoms with van der Waals surface area (Å²) in [5, 5.41) is 0. The van der Waals surface area contributed by atoms with Gasteiger partial charge in [-0.1, -0.05) is 254 Å². The molecule has 0 amide bonds. The molecule has 0 rings (SSSR count). The number of allylic oxidation sites excluding steroid dienone is 12. The Balaban J connectivity index is 4.39. The van der Waals surface area contributed by atoms with Gasteiger partial charge in [0.25, 0.3) is 0 Å². The highest BCUT2D eigenvalue weighted by Gasteiger charge is 2.19. The zero-order valence-electron chi connectivity index (χ0n) is 48.4. The number of rotatable bonds is 57. The largest absolute Gasteiger partial charge is 0.462 e. The van der Waals surface area contributed by atoms with E-state index in [2.05, 4.69) is 93.7 Å². The first kappa shape index (κ1) is 69.8. The van der Waals surface area contributed by atoms with Crippen molar-refractivity contribution in [3.05, 3.63) is 72.9 Å². The monoisotopic (exact) mass is 1020 g/mol. The Morgan fingerprint density at radius 1 is 0.274 bits per heavy atom. The fourth-order valence-electron chi connectivity index (χ4n) is 8.89. The number of hydrogen-bond acceptors (Lipinski definition) is 6. The highest BCUT2D eigenvalue weighted by atomic mass is 16.6. The molecule has 0 aromatic heterocycles. The van der Waals surface area contributed by atoms with Gasteiger partial charge in [-0.15, -0.1) is 0 Å². The third kappa shape index (κ3) is 59.6. The van der Waals surface area contributed by atoms with Crippen molar-refractivity contribution >= 4 is 17.9 Å². The molecule has 0 aromatic rings. The van der Waals surface area contributed by atoms with Crippen molar-refractivity contribution in [3.63, 3.8) is 0 Å². The number of esters is 3. The van der Waals surface area contributed by atoms with Crippen molar-refractivity contribution in [1.82, 2.24) is 0 Å². The molecule has 0 spiro atoms. The normalized spacial score (nSPS) is 12.5. The minimum absolute atomic E-state index is 0.0825. The molecule has 0 fully saturated rings. The Hall–Kier alpha value is -3.15. The molecule has 0 aliphatic rings. The van der Waals surface area contributed by atoms with Gasteiger partial charge in [0, 0.05) is 19.3 Å². The van der Waals surface area contributed by atoms with Crippen LogP contribution in [0.2, 0.25) is 0 Å². The third-order valence-electron chi connectivity index (χ3n) is 13.7. The molecule has 1 atom stereocenters. The third-order valence-corrected chi connectivity index (χ3v) is 13.7. The molecular weight excluding hydrogens is 901 g/mol. The van der Waals surface area contributed by atoms with Gasteiger partial charge in [-0.05, 0) is 116 Å². The van der Waals surface area contributed by atoms with Crippen LogP contribution in [0.25, 0.3) is 0 Å². The first-order valence-electron chi connectivity index (χ1n) is 31.4. The molecule has 0 aromatic carbocycles. The van der Waals surface area contributed by atoms with Crippen LogP contribution in [0.3, 0.4) is 0 Å². The summed E-state index contributed by atoms with van der Waals surface area (Å²) in [6, 6.07) is 0. The number of carbonyl (C=O) groups is 3.